The van der Waals surface area contributed by atoms with Gasteiger partial charge in [0.05, 0.1) is 16.6 Å². The van der Waals surface area contributed by atoms with Crippen LogP contribution in [-0.2, 0) is 0 Å². The summed E-state index contributed by atoms with van der Waals surface area (Å²) in [4.78, 5) is 14.4. The second-order valence-corrected chi connectivity index (χ2v) is 13.0. The van der Waals surface area contributed by atoms with E-state index in [1.165, 1.54) is 0 Å². The average molecular weight is 663 g/mol. The van der Waals surface area contributed by atoms with Crippen LogP contribution in [0.1, 0.15) is 0 Å². The first-order valence-corrected chi connectivity index (χ1v) is 16.7. The van der Waals surface area contributed by atoms with E-state index in [0.717, 1.165) is 38.3 Å². The third kappa shape index (κ3) is 4.97. The van der Waals surface area contributed by atoms with Crippen LogP contribution in [-0.4, -0.2) is 98.0 Å². The highest BCUT2D eigenvalue weighted by atomic mass is 16.3. The van der Waals surface area contributed by atoms with Gasteiger partial charge in [0.2, 0.25) is 0 Å². The molecule has 0 fully saturated rings. The Morgan fingerprint density at radius 3 is 1.37 bits per heavy atom. The van der Waals surface area contributed by atoms with E-state index < -0.39 is 0 Å². The molecule has 0 aliphatic rings. The maximum Gasteiger partial charge on any atom is 0.167 e. The Morgan fingerprint density at radius 2 is 0.852 bits per heavy atom. The summed E-state index contributed by atoms with van der Waals surface area (Å²) in [6.45, 7) is 0. The molecule has 5 nitrogen and oxygen atoms in total. The number of furan rings is 1. The molecule has 0 atom stereocenters. The summed E-state index contributed by atoms with van der Waals surface area (Å²) in [7, 11) is 63.2. The molecule has 54 heavy (non-hydrogen) atoms. The first-order valence-electron chi connectivity index (χ1n) is 16.7. The molecule has 0 aliphatic carbocycles. The van der Waals surface area contributed by atoms with Gasteiger partial charge in [0.25, 0.3) is 0 Å². The second kappa shape index (κ2) is 12.6. The maximum absolute atomic E-state index is 6.56. The van der Waals surface area contributed by atoms with E-state index >= 15 is 0 Å². The number of hydrogen-bond acceptors (Lipinski definition) is 4. The quantitative estimate of drug-likeness (QED) is 0.201. The Hall–Kier alpha value is -5.42. The van der Waals surface area contributed by atoms with Gasteiger partial charge in [-0.3, -0.25) is 0 Å². The zero-order chi connectivity index (χ0) is 37.7. The fourth-order valence-electron chi connectivity index (χ4n) is 7.20. The molecule has 6 aromatic carbocycles. The zero-order valence-corrected chi connectivity index (χ0v) is 28.6. The highest BCUT2D eigenvalue weighted by Gasteiger charge is 2.23. The second-order valence-electron chi connectivity index (χ2n) is 13.0. The average Bonchev–Trinajstić information content (AvgIpc) is 3.73. The topological polar surface area (TPSA) is 56.7 Å². The summed E-state index contributed by atoms with van der Waals surface area (Å²) in [6, 6.07) is 28.4. The monoisotopic (exact) mass is 664 g/mol. The zero-order valence-electron chi connectivity index (χ0n) is 28.6. The minimum absolute atomic E-state index is 0.00191. The standard InChI is InChI=1S/C39H14B10N4O/c40-26-24(27(41)31(45)34(48)30(26)44)38-50-37(51-39(52-38)25-28(42)32(46)35(49)33(47)29(25)43)19-9-5-8-18-20-14-15(12-13-23(20)54-36(18)19)53-21-10-3-1-6-16(21)17-7-2-4-11-22(17)53/h1-14H. The van der Waals surface area contributed by atoms with Gasteiger partial charge in [0.1, 0.15) is 89.6 Å². The molecule has 3 heterocycles. The van der Waals surface area contributed by atoms with E-state index in [-0.39, 0.29) is 83.2 Å². The van der Waals surface area contributed by atoms with E-state index in [4.69, 9.17) is 97.8 Å². The predicted molar refractivity (Wildman–Crippen MR) is 232 cm³/mol. The highest BCUT2D eigenvalue weighted by molar-refractivity contribution is 6.69. The molecule has 0 saturated heterocycles. The van der Waals surface area contributed by atoms with Gasteiger partial charge in [0, 0.05) is 38.4 Å². The van der Waals surface area contributed by atoms with Crippen LogP contribution in [0.5, 0.6) is 0 Å². The Labute approximate surface area is 324 Å². The van der Waals surface area contributed by atoms with Crippen LogP contribution in [0, 0.1) is 0 Å². The molecule has 15 heteroatoms. The number of rotatable bonds is 4. The van der Waals surface area contributed by atoms with E-state index in [1.54, 1.807) is 0 Å². The van der Waals surface area contributed by atoms with E-state index in [0.29, 0.717) is 16.7 Å². The van der Waals surface area contributed by atoms with E-state index in [2.05, 4.69) is 34.9 Å². The molecule has 0 bridgehead atoms. The molecule has 0 aliphatic heterocycles. The van der Waals surface area contributed by atoms with Crippen LogP contribution in [0.3, 0.4) is 0 Å². The van der Waals surface area contributed by atoms with Gasteiger partial charge >= 0.3 is 0 Å². The first-order chi connectivity index (χ1) is 26.0. The summed E-state index contributed by atoms with van der Waals surface area (Å²) in [6.07, 6.45) is 0. The molecule has 3 aromatic heterocycles. The van der Waals surface area contributed by atoms with Crippen molar-refractivity contribution in [3.63, 3.8) is 0 Å². The number of benzene rings is 6. The summed E-state index contributed by atoms with van der Waals surface area (Å²) in [5, 5.41) is 4.01. The Morgan fingerprint density at radius 1 is 0.407 bits per heavy atom. The number of hydrogen-bond donors (Lipinski definition) is 0. The molecule has 0 N–H and O–H groups in total. The Bertz CT molecular complexity index is 2880. The van der Waals surface area contributed by atoms with Crippen molar-refractivity contribution >= 4 is 177 Å². The smallest absolute Gasteiger partial charge is 0.167 e. The van der Waals surface area contributed by atoms with Gasteiger partial charge in [-0.15, -0.1) is 32.8 Å². The molecule has 0 saturated carbocycles. The number of aromatic nitrogens is 4. The van der Waals surface area contributed by atoms with Crippen molar-refractivity contribution in [2.24, 2.45) is 0 Å². The van der Waals surface area contributed by atoms with Crippen LogP contribution in [0.4, 0.5) is 0 Å². The van der Waals surface area contributed by atoms with Crippen LogP contribution >= 0.6 is 0 Å². The highest BCUT2D eigenvalue weighted by Crippen LogP contribution is 2.38. The molecule has 0 unspecified atom stereocenters. The number of para-hydroxylation sites is 3. The fourth-order valence-corrected chi connectivity index (χ4v) is 7.20. The molecule has 9 aromatic rings. The van der Waals surface area contributed by atoms with Crippen LogP contribution in [0.15, 0.2) is 89.3 Å². The van der Waals surface area contributed by atoms with Crippen LogP contribution in [0.2, 0.25) is 0 Å². The lowest BCUT2D eigenvalue weighted by atomic mass is 9.60. The van der Waals surface area contributed by atoms with Crippen molar-refractivity contribution < 1.29 is 4.42 Å². The summed E-state index contributed by atoms with van der Waals surface area (Å²) in [5.41, 5.74) is 5.22. The van der Waals surface area contributed by atoms with Crippen molar-refractivity contribution in [1.82, 2.24) is 19.5 Å². The molecule has 0 amide bonds. The maximum atomic E-state index is 6.56. The largest absolute Gasteiger partial charge is 0.455 e. The summed E-state index contributed by atoms with van der Waals surface area (Å²) >= 11 is 0. The van der Waals surface area contributed by atoms with Gasteiger partial charge in [-0.05, 0) is 36.4 Å². The molecule has 226 valence electrons. The van der Waals surface area contributed by atoms with Gasteiger partial charge < -0.3 is 8.98 Å². The predicted octanol–water partition coefficient (Wildman–Crippen LogP) is -2.19. The van der Waals surface area contributed by atoms with Crippen LogP contribution in [0.25, 0.3) is 83.6 Å². The van der Waals surface area contributed by atoms with Crippen molar-refractivity contribution in [1.29, 1.82) is 0 Å². The third-order valence-corrected chi connectivity index (χ3v) is 10.0. The molecular formula is C39H14B10N4O. The van der Waals surface area contributed by atoms with Crippen molar-refractivity contribution in [2.75, 3.05) is 0 Å². The molecule has 0 spiro atoms. The lowest BCUT2D eigenvalue weighted by Gasteiger charge is -2.22. The van der Waals surface area contributed by atoms with Gasteiger partial charge in [-0.25, -0.2) is 15.0 Å². The molecule has 20 radical (unpaired) electrons. The minimum Gasteiger partial charge on any atom is -0.455 e. The van der Waals surface area contributed by atoms with Gasteiger partial charge in [0.15, 0.2) is 17.5 Å². The minimum atomic E-state index is -0.00191. The lowest BCUT2D eigenvalue weighted by molar-refractivity contribution is 0.669. The lowest BCUT2D eigenvalue weighted by Crippen LogP contribution is -2.55. The third-order valence-electron chi connectivity index (χ3n) is 10.0. The van der Waals surface area contributed by atoms with Crippen LogP contribution < -0.4 is 54.6 Å². The normalized spacial score (nSPS) is 11.7. The number of fused-ring (bicyclic) bond motifs is 6. The molecule has 9 rings (SSSR count). The first kappa shape index (κ1) is 34.4. The van der Waals surface area contributed by atoms with Crippen molar-refractivity contribution in [3.8, 4) is 39.9 Å². The Kier molecular flexibility index (Phi) is 8.00. The van der Waals surface area contributed by atoms with Gasteiger partial charge in [-0.1, -0.05) is 70.4 Å². The SMILES string of the molecule is [B]c1c([B])c([B])c(-c2nc(-c3c([B])c([B])c([B])c([B])c3[B])nc(-c3cccc4c3oc3ccc(-n5c6ccccc6c6ccccc65)cc34)n2)c([B])c1[B]. The molecular weight excluding hydrogens is 649 g/mol. The fraction of sp³-hybridized carbons (Fsp3) is 0. The summed E-state index contributed by atoms with van der Waals surface area (Å²) < 4.78 is 8.80. The van der Waals surface area contributed by atoms with E-state index in [1.807, 2.05) is 54.6 Å². The van der Waals surface area contributed by atoms with Gasteiger partial charge in [-0.2, -0.15) is 0 Å². The van der Waals surface area contributed by atoms with Crippen molar-refractivity contribution in [3.05, 3.63) is 84.9 Å². The number of nitrogens with zero attached hydrogens (tertiary/aromatic N) is 4. The van der Waals surface area contributed by atoms with Crippen molar-refractivity contribution in [2.45, 2.75) is 0 Å². The Balaban J connectivity index is 1.31. The van der Waals surface area contributed by atoms with E-state index in [9.17, 15) is 0 Å². The summed E-state index contributed by atoms with van der Waals surface area (Å²) in [5.74, 6) is 0.152.